The van der Waals surface area contributed by atoms with Gasteiger partial charge in [-0.15, -0.1) is 24.0 Å². The maximum absolute atomic E-state index is 9.27. The van der Waals surface area contributed by atoms with Gasteiger partial charge in [0, 0.05) is 19.6 Å². The largest absolute Gasteiger partial charge is 0.508 e. The van der Waals surface area contributed by atoms with Crippen LogP contribution in [0.25, 0.3) is 0 Å². The summed E-state index contributed by atoms with van der Waals surface area (Å²) >= 11 is 0. The first-order valence-electron chi connectivity index (χ1n) is 8.42. The second-order valence-corrected chi connectivity index (χ2v) is 6.37. The van der Waals surface area contributed by atoms with Gasteiger partial charge in [-0.05, 0) is 62.1 Å². The first kappa shape index (κ1) is 20.1. The van der Waals surface area contributed by atoms with Crippen molar-refractivity contribution in [2.45, 2.75) is 51.5 Å². The highest BCUT2D eigenvalue weighted by molar-refractivity contribution is 14.0. The fourth-order valence-electron chi connectivity index (χ4n) is 2.95. The molecule has 0 aromatic heterocycles. The SMILES string of the molecule is CN=C(NCCCc1ccc(O)cc1)NC1CCC(C)CC1.I. The summed E-state index contributed by atoms with van der Waals surface area (Å²) in [4.78, 5) is 4.32. The monoisotopic (exact) mass is 431 g/mol. The third-order valence-electron chi connectivity index (χ3n) is 4.45. The molecule has 23 heavy (non-hydrogen) atoms. The lowest BCUT2D eigenvalue weighted by Crippen LogP contribution is -2.45. The Balaban J connectivity index is 0.00000264. The summed E-state index contributed by atoms with van der Waals surface area (Å²) in [6.07, 6.45) is 7.17. The Morgan fingerprint density at radius 2 is 1.83 bits per heavy atom. The standard InChI is InChI=1S/C18H29N3O.HI/c1-14-5-9-16(10-6-14)21-18(19-2)20-13-3-4-15-7-11-17(22)12-8-15;/h7-8,11-12,14,16,22H,3-6,9-10,13H2,1-2H3,(H2,19,20,21);1H. The van der Waals surface area contributed by atoms with Crippen molar-refractivity contribution in [2.24, 2.45) is 10.9 Å². The summed E-state index contributed by atoms with van der Waals surface area (Å²) in [6, 6.07) is 8.01. The number of nitrogens with one attached hydrogen (secondary N) is 2. The number of aromatic hydroxyl groups is 1. The quantitative estimate of drug-likeness (QED) is 0.289. The van der Waals surface area contributed by atoms with E-state index < -0.39 is 0 Å². The molecule has 3 N–H and O–H groups in total. The van der Waals surface area contributed by atoms with Crippen LogP contribution >= 0.6 is 24.0 Å². The first-order valence-corrected chi connectivity index (χ1v) is 8.42. The molecule has 0 amide bonds. The molecular formula is C18H30IN3O. The van der Waals surface area contributed by atoms with Gasteiger partial charge in [0.2, 0.25) is 0 Å². The molecule has 0 heterocycles. The number of halogens is 1. The van der Waals surface area contributed by atoms with Crippen LogP contribution in [0, 0.1) is 5.92 Å². The second kappa shape index (κ2) is 10.7. The van der Waals surface area contributed by atoms with Gasteiger partial charge in [0.1, 0.15) is 5.75 Å². The van der Waals surface area contributed by atoms with Gasteiger partial charge in [0.15, 0.2) is 5.96 Å². The molecule has 0 atom stereocenters. The summed E-state index contributed by atoms with van der Waals surface area (Å²) in [7, 11) is 1.83. The van der Waals surface area contributed by atoms with Gasteiger partial charge in [-0.25, -0.2) is 0 Å². The van der Waals surface area contributed by atoms with Crippen molar-refractivity contribution in [3.05, 3.63) is 29.8 Å². The summed E-state index contributed by atoms with van der Waals surface area (Å²) in [5, 5.41) is 16.2. The number of hydrogen-bond donors (Lipinski definition) is 3. The van der Waals surface area contributed by atoms with Gasteiger partial charge >= 0.3 is 0 Å². The Kier molecular flexibility index (Phi) is 9.36. The molecule has 0 aliphatic heterocycles. The predicted octanol–water partition coefficient (Wildman–Crippen LogP) is 3.69. The minimum atomic E-state index is 0. The van der Waals surface area contributed by atoms with Crippen LogP contribution in [0.2, 0.25) is 0 Å². The van der Waals surface area contributed by atoms with Crippen LogP contribution < -0.4 is 10.6 Å². The summed E-state index contributed by atoms with van der Waals surface area (Å²) in [5.74, 6) is 2.12. The number of rotatable bonds is 5. The number of guanidine groups is 1. The van der Waals surface area contributed by atoms with Crippen molar-refractivity contribution in [1.82, 2.24) is 10.6 Å². The lowest BCUT2D eigenvalue weighted by atomic mass is 9.87. The minimum absolute atomic E-state index is 0. The fourth-order valence-corrected chi connectivity index (χ4v) is 2.95. The lowest BCUT2D eigenvalue weighted by Gasteiger charge is -2.28. The molecule has 1 aliphatic rings. The Morgan fingerprint density at radius 3 is 2.43 bits per heavy atom. The van der Waals surface area contributed by atoms with E-state index in [-0.39, 0.29) is 24.0 Å². The van der Waals surface area contributed by atoms with E-state index in [4.69, 9.17) is 0 Å². The zero-order chi connectivity index (χ0) is 15.8. The third-order valence-corrected chi connectivity index (χ3v) is 4.45. The highest BCUT2D eigenvalue weighted by Gasteiger charge is 2.18. The van der Waals surface area contributed by atoms with Crippen LogP contribution in [0.3, 0.4) is 0 Å². The molecule has 4 nitrogen and oxygen atoms in total. The van der Waals surface area contributed by atoms with Crippen molar-refractivity contribution in [3.8, 4) is 5.75 Å². The van der Waals surface area contributed by atoms with Crippen LogP contribution in [0.1, 0.15) is 44.6 Å². The molecule has 1 aromatic rings. The highest BCUT2D eigenvalue weighted by Crippen LogP contribution is 2.23. The second-order valence-electron chi connectivity index (χ2n) is 6.37. The van der Waals surface area contributed by atoms with E-state index in [1.807, 2.05) is 19.2 Å². The number of nitrogens with zero attached hydrogens (tertiary/aromatic N) is 1. The van der Waals surface area contributed by atoms with Crippen molar-refractivity contribution in [2.75, 3.05) is 13.6 Å². The normalized spacial score (nSPS) is 21.4. The number of phenols is 1. The van der Waals surface area contributed by atoms with Crippen molar-refractivity contribution in [1.29, 1.82) is 0 Å². The van der Waals surface area contributed by atoms with E-state index in [1.54, 1.807) is 12.1 Å². The van der Waals surface area contributed by atoms with E-state index in [9.17, 15) is 5.11 Å². The van der Waals surface area contributed by atoms with Gasteiger partial charge in [-0.2, -0.15) is 0 Å². The summed E-state index contributed by atoms with van der Waals surface area (Å²) < 4.78 is 0. The van der Waals surface area contributed by atoms with Crippen LogP contribution in [-0.4, -0.2) is 30.7 Å². The Morgan fingerprint density at radius 1 is 1.17 bits per heavy atom. The van der Waals surface area contributed by atoms with Crippen LogP contribution in [0.4, 0.5) is 0 Å². The van der Waals surface area contributed by atoms with Gasteiger partial charge in [0.25, 0.3) is 0 Å². The van der Waals surface area contributed by atoms with E-state index in [2.05, 4.69) is 22.5 Å². The molecule has 0 bridgehead atoms. The molecule has 130 valence electrons. The van der Waals surface area contributed by atoms with Crippen LogP contribution in [0.15, 0.2) is 29.3 Å². The van der Waals surface area contributed by atoms with Crippen molar-refractivity contribution >= 4 is 29.9 Å². The molecule has 1 aliphatic carbocycles. The van der Waals surface area contributed by atoms with Crippen molar-refractivity contribution < 1.29 is 5.11 Å². The molecule has 1 saturated carbocycles. The van der Waals surface area contributed by atoms with Gasteiger partial charge in [-0.3, -0.25) is 4.99 Å². The zero-order valence-corrected chi connectivity index (χ0v) is 16.5. The van der Waals surface area contributed by atoms with Crippen LogP contribution in [-0.2, 0) is 6.42 Å². The molecular weight excluding hydrogens is 401 g/mol. The zero-order valence-electron chi connectivity index (χ0n) is 14.2. The highest BCUT2D eigenvalue weighted by atomic mass is 127. The van der Waals surface area contributed by atoms with E-state index in [1.165, 1.54) is 31.2 Å². The number of benzene rings is 1. The number of aliphatic imine (C=N–C) groups is 1. The summed E-state index contributed by atoms with van der Waals surface area (Å²) in [6.45, 7) is 3.25. The lowest BCUT2D eigenvalue weighted by molar-refractivity contribution is 0.329. The molecule has 0 radical (unpaired) electrons. The first-order chi connectivity index (χ1) is 10.7. The molecule has 0 saturated heterocycles. The molecule has 1 fully saturated rings. The van der Waals surface area contributed by atoms with E-state index >= 15 is 0 Å². The van der Waals surface area contributed by atoms with Gasteiger partial charge < -0.3 is 15.7 Å². The maximum Gasteiger partial charge on any atom is 0.191 e. The van der Waals surface area contributed by atoms with Crippen molar-refractivity contribution in [3.63, 3.8) is 0 Å². The molecule has 0 unspecified atom stereocenters. The fraction of sp³-hybridized carbons (Fsp3) is 0.611. The van der Waals surface area contributed by atoms with Gasteiger partial charge in [-0.1, -0.05) is 19.1 Å². The Labute approximate surface area is 157 Å². The Bertz CT molecular complexity index is 468. The predicted molar refractivity (Wildman–Crippen MR) is 108 cm³/mol. The average Bonchev–Trinajstić information content (AvgIpc) is 2.54. The third kappa shape index (κ3) is 7.42. The Hall–Kier alpha value is -0.980. The number of aryl methyl sites for hydroxylation is 1. The maximum atomic E-state index is 9.27. The molecule has 1 aromatic carbocycles. The smallest absolute Gasteiger partial charge is 0.191 e. The van der Waals surface area contributed by atoms with Crippen LogP contribution in [0.5, 0.6) is 5.75 Å². The summed E-state index contributed by atoms with van der Waals surface area (Å²) in [5.41, 5.74) is 1.25. The number of phenolic OH excluding ortho intramolecular Hbond substituents is 1. The van der Waals surface area contributed by atoms with E-state index in [0.29, 0.717) is 11.8 Å². The molecule has 2 rings (SSSR count). The van der Waals surface area contributed by atoms with Gasteiger partial charge in [0.05, 0.1) is 0 Å². The minimum Gasteiger partial charge on any atom is -0.508 e. The molecule has 5 heteroatoms. The topological polar surface area (TPSA) is 56.7 Å². The van der Waals surface area contributed by atoms with E-state index in [0.717, 1.165) is 31.3 Å². The number of hydrogen-bond acceptors (Lipinski definition) is 2. The average molecular weight is 431 g/mol. The molecule has 0 spiro atoms.